The van der Waals surface area contributed by atoms with E-state index in [2.05, 4.69) is 27.4 Å². The number of hydrogen-bond donors (Lipinski definition) is 1. The van der Waals surface area contributed by atoms with Crippen LogP contribution in [-0.4, -0.2) is 48.2 Å². The van der Waals surface area contributed by atoms with Gasteiger partial charge in [0.1, 0.15) is 12.4 Å². The van der Waals surface area contributed by atoms with E-state index in [0.29, 0.717) is 31.4 Å². The normalized spacial score (nSPS) is 12.2. The van der Waals surface area contributed by atoms with Crippen LogP contribution in [0, 0.1) is 6.92 Å². The van der Waals surface area contributed by atoms with Crippen LogP contribution in [0.5, 0.6) is 5.75 Å². The van der Waals surface area contributed by atoms with Gasteiger partial charge in [-0.05, 0) is 19.1 Å². The third kappa shape index (κ3) is 5.75. The van der Waals surface area contributed by atoms with Gasteiger partial charge in [-0.15, -0.1) is 0 Å². The first-order valence-electron chi connectivity index (χ1n) is 8.74. The molecule has 1 aromatic heterocycles. The van der Waals surface area contributed by atoms with Gasteiger partial charge < -0.3 is 19.5 Å². The minimum Gasteiger partial charge on any atom is -0.492 e. The Hall–Kier alpha value is -2.57. The fourth-order valence-electron chi connectivity index (χ4n) is 2.21. The molecule has 7 nitrogen and oxygen atoms in total. The second-order valence-corrected chi connectivity index (χ2v) is 7.25. The maximum absolute atomic E-state index is 5.77. The van der Waals surface area contributed by atoms with Gasteiger partial charge >= 0.3 is 0 Å². The second kappa shape index (κ2) is 8.69. The molecule has 1 heterocycles. The summed E-state index contributed by atoms with van der Waals surface area (Å²) in [5.74, 6) is 2.86. The summed E-state index contributed by atoms with van der Waals surface area (Å²) in [6, 6.07) is 8.03. The van der Waals surface area contributed by atoms with Crippen LogP contribution in [0.1, 0.15) is 38.0 Å². The molecule has 1 aromatic carbocycles. The summed E-state index contributed by atoms with van der Waals surface area (Å²) in [6.45, 7) is 9.90. The maximum Gasteiger partial charge on any atom is 0.232 e. The zero-order valence-electron chi connectivity index (χ0n) is 16.5. The van der Waals surface area contributed by atoms with E-state index in [1.54, 1.807) is 7.05 Å². The van der Waals surface area contributed by atoms with Crippen molar-refractivity contribution in [3.63, 3.8) is 0 Å². The Labute approximate surface area is 155 Å². The van der Waals surface area contributed by atoms with E-state index in [9.17, 15) is 0 Å². The molecule has 0 unspecified atom stereocenters. The lowest BCUT2D eigenvalue weighted by atomic mass is 9.97. The highest BCUT2D eigenvalue weighted by Gasteiger charge is 2.21. The zero-order chi connectivity index (χ0) is 19.2. The first kappa shape index (κ1) is 19.8. The van der Waals surface area contributed by atoms with E-state index in [1.165, 1.54) is 5.56 Å². The molecule has 2 aromatic rings. The average molecular weight is 359 g/mol. The van der Waals surface area contributed by atoms with Gasteiger partial charge in [0.15, 0.2) is 11.8 Å². The fourth-order valence-corrected chi connectivity index (χ4v) is 2.21. The van der Waals surface area contributed by atoms with E-state index in [0.717, 1.165) is 11.7 Å². The summed E-state index contributed by atoms with van der Waals surface area (Å²) < 4.78 is 11.1. The van der Waals surface area contributed by atoms with Gasteiger partial charge in [0.25, 0.3) is 0 Å². The highest BCUT2D eigenvalue weighted by atomic mass is 16.5. The predicted molar refractivity (Wildman–Crippen MR) is 103 cm³/mol. The second-order valence-electron chi connectivity index (χ2n) is 7.25. The Balaban J connectivity index is 1.80. The summed E-state index contributed by atoms with van der Waals surface area (Å²) >= 11 is 0. The van der Waals surface area contributed by atoms with Gasteiger partial charge in [-0.1, -0.05) is 43.6 Å². The molecular weight excluding hydrogens is 330 g/mol. The number of likely N-dealkylation sites (N-methyl/N-ethyl adjacent to an activating group) is 1. The topological polar surface area (TPSA) is 75.8 Å². The molecule has 0 aliphatic rings. The summed E-state index contributed by atoms with van der Waals surface area (Å²) in [6.07, 6.45) is 0. The molecule has 0 atom stereocenters. The highest BCUT2D eigenvalue weighted by molar-refractivity contribution is 5.79. The lowest BCUT2D eigenvalue weighted by Gasteiger charge is -2.21. The van der Waals surface area contributed by atoms with E-state index in [-0.39, 0.29) is 5.41 Å². The minimum absolute atomic E-state index is 0.156. The summed E-state index contributed by atoms with van der Waals surface area (Å²) in [5, 5.41) is 7.25. The average Bonchev–Trinajstić information content (AvgIpc) is 3.06. The number of nitrogens with zero attached hydrogens (tertiary/aromatic N) is 4. The van der Waals surface area contributed by atoms with E-state index in [1.807, 2.05) is 57.0 Å². The molecule has 26 heavy (non-hydrogen) atoms. The molecule has 0 aliphatic heterocycles. The monoisotopic (exact) mass is 359 g/mol. The number of hydrogen-bond acceptors (Lipinski definition) is 5. The van der Waals surface area contributed by atoms with Crippen LogP contribution in [0.25, 0.3) is 0 Å². The van der Waals surface area contributed by atoms with Crippen molar-refractivity contribution in [3.8, 4) is 5.75 Å². The summed E-state index contributed by atoms with van der Waals surface area (Å²) in [4.78, 5) is 10.7. The van der Waals surface area contributed by atoms with Gasteiger partial charge in [0, 0.05) is 19.5 Å². The number of ether oxygens (including phenoxy) is 1. The molecule has 0 amide bonds. The van der Waals surface area contributed by atoms with Crippen LogP contribution >= 0.6 is 0 Å². The maximum atomic E-state index is 5.77. The predicted octanol–water partition coefficient (Wildman–Crippen LogP) is 2.76. The molecule has 142 valence electrons. The van der Waals surface area contributed by atoms with E-state index in [4.69, 9.17) is 9.26 Å². The number of rotatable bonds is 6. The lowest BCUT2D eigenvalue weighted by Crippen LogP contribution is -2.40. The zero-order valence-corrected chi connectivity index (χ0v) is 16.5. The molecule has 1 N–H and O–H groups in total. The van der Waals surface area contributed by atoms with Crippen molar-refractivity contribution in [3.05, 3.63) is 41.5 Å². The van der Waals surface area contributed by atoms with Crippen molar-refractivity contribution in [2.45, 2.75) is 39.7 Å². The molecule has 0 aliphatic carbocycles. The van der Waals surface area contributed by atoms with Crippen molar-refractivity contribution < 1.29 is 9.26 Å². The third-order valence-electron chi connectivity index (χ3n) is 3.80. The molecule has 0 spiro atoms. The number of aliphatic imine (C=N–C) groups is 1. The van der Waals surface area contributed by atoms with Crippen molar-refractivity contribution in [2.75, 3.05) is 27.2 Å². The van der Waals surface area contributed by atoms with Crippen molar-refractivity contribution >= 4 is 5.96 Å². The van der Waals surface area contributed by atoms with Crippen LogP contribution in [0.4, 0.5) is 0 Å². The summed E-state index contributed by atoms with van der Waals surface area (Å²) in [5.41, 5.74) is 1.06. The molecule has 7 heteroatoms. The van der Waals surface area contributed by atoms with Crippen molar-refractivity contribution in [1.29, 1.82) is 0 Å². The van der Waals surface area contributed by atoms with Crippen LogP contribution in [0.3, 0.4) is 0 Å². The largest absolute Gasteiger partial charge is 0.492 e. The molecule has 0 bridgehead atoms. The number of aromatic nitrogens is 2. The number of benzene rings is 1. The minimum atomic E-state index is -0.156. The molecule has 2 rings (SSSR count). The first-order valence-corrected chi connectivity index (χ1v) is 8.74. The van der Waals surface area contributed by atoms with Crippen LogP contribution < -0.4 is 10.1 Å². The van der Waals surface area contributed by atoms with Crippen LogP contribution in [0.15, 0.2) is 33.8 Å². The number of guanidine groups is 1. The van der Waals surface area contributed by atoms with Gasteiger partial charge in [-0.25, -0.2) is 0 Å². The fraction of sp³-hybridized carbons (Fsp3) is 0.526. The van der Waals surface area contributed by atoms with E-state index < -0.39 is 0 Å². The van der Waals surface area contributed by atoms with Crippen molar-refractivity contribution in [2.24, 2.45) is 4.99 Å². The van der Waals surface area contributed by atoms with Gasteiger partial charge in [0.05, 0.1) is 13.1 Å². The van der Waals surface area contributed by atoms with Crippen LogP contribution in [-0.2, 0) is 12.0 Å². The van der Waals surface area contributed by atoms with Gasteiger partial charge in [-0.2, -0.15) is 4.98 Å². The smallest absolute Gasteiger partial charge is 0.232 e. The standard InChI is InChI=1S/C19H29N5O2/c1-14-7-9-15(10-8-14)25-12-11-24(6)18(20-5)21-13-16-22-17(26-23-16)19(2,3)4/h7-10H,11-13H2,1-6H3,(H,20,21). The Bertz CT molecular complexity index is 716. The Morgan fingerprint density at radius 1 is 1.27 bits per heavy atom. The Morgan fingerprint density at radius 3 is 2.54 bits per heavy atom. The molecule has 0 radical (unpaired) electrons. The third-order valence-corrected chi connectivity index (χ3v) is 3.80. The molecular formula is C19H29N5O2. The molecule has 0 fully saturated rings. The van der Waals surface area contributed by atoms with E-state index >= 15 is 0 Å². The Morgan fingerprint density at radius 2 is 1.96 bits per heavy atom. The number of aryl methyl sites for hydroxylation is 1. The number of nitrogens with one attached hydrogen (secondary N) is 1. The molecule has 0 saturated carbocycles. The van der Waals surface area contributed by atoms with Gasteiger partial charge in [0.2, 0.25) is 5.89 Å². The van der Waals surface area contributed by atoms with Gasteiger partial charge in [-0.3, -0.25) is 4.99 Å². The Kier molecular flexibility index (Phi) is 6.60. The highest BCUT2D eigenvalue weighted by Crippen LogP contribution is 2.19. The summed E-state index contributed by atoms with van der Waals surface area (Å²) in [7, 11) is 3.71. The quantitative estimate of drug-likeness (QED) is 0.631. The lowest BCUT2D eigenvalue weighted by molar-refractivity contribution is 0.281. The van der Waals surface area contributed by atoms with Crippen molar-refractivity contribution in [1.82, 2.24) is 20.4 Å². The molecule has 0 saturated heterocycles. The SMILES string of the molecule is CN=C(NCc1noc(C(C)(C)C)n1)N(C)CCOc1ccc(C)cc1. The van der Waals surface area contributed by atoms with Crippen LogP contribution in [0.2, 0.25) is 0 Å². The first-order chi connectivity index (χ1) is 12.3.